The third-order valence-corrected chi connectivity index (χ3v) is 4.42. The fourth-order valence-corrected chi connectivity index (χ4v) is 2.86. The molecule has 1 atom stereocenters. The second kappa shape index (κ2) is 4.84. The Labute approximate surface area is 115 Å². The van der Waals surface area contributed by atoms with Crippen molar-refractivity contribution >= 4 is 27.3 Å². The number of nitrogens with zero attached hydrogens (tertiary/aromatic N) is 2. The van der Waals surface area contributed by atoms with Crippen LogP contribution < -0.4 is 10.0 Å². The van der Waals surface area contributed by atoms with Gasteiger partial charge in [-0.05, 0) is 18.6 Å². The molecule has 2 rings (SSSR count). The number of primary sulfonamides is 1. The minimum atomic E-state index is -3.85. The van der Waals surface area contributed by atoms with Crippen LogP contribution in [0.1, 0.15) is 12.0 Å². The fraction of sp³-hybridized carbons (Fsp3) is 0.364. The zero-order valence-electron chi connectivity index (χ0n) is 10.6. The van der Waals surface area contributed by atoms with E-state index in [4.69, 9.17) is 5.14 Å². The van der Waals surface area contributed by atoms with Gasteiger partial charge in [0.15, 0.2) is 0 Å². The Morgan fingerprint density at radius 3 is 2.60 bits per heavy atom. The van der Waals surface area contributed by atoms with E-state index in [1.165, 1.54) is 12.1 Å². The van der Waals surface area contributed by atoms with Crippen LogP contribution in [0.3, 0.4) is 0 Å². The van der Waals surface area contributed by atoms with E-state index in [9.17, 15) is 23.3 Å². The molecule has 1 fully saturated rings. The molecule has 20 heavy (non-hydrogen) atoms. The number of nitrogens with two attached hydrogens (primary N) is 1. The van der Waals surface area contributed by atoms with Crippen molar-refractivity contribution < 1.29 is 18.1 Å². The number of carbonyl (C=O) groups excluding carboxylic acids is 1. The van der Waals surface area contributed by atoms with E-state index in [0.29, 0.717) is 0 Å². The molecule has 1 aliphatic heterocycles. The van der Waals surface area contributed by atoms with Gasteiger partial charge in [-0.25, -0.2) is 13.6 Å². The molecule has 0 radical (unpaired) electrons. The highest BCUT2D eigenvalue weighted by molar-refractivity contribution is 7.89. The van der Waals surface area contributed by atoms with Crippen molar-refractivity contribution in [3.63, 3.8) is 0 Å². The van der Waals surface area contributed by atoms with Crippen molar-refractivity contribution in [3.8, 4) is 0 Å². The molecule has 1 aromatic carbocycles. The Balaban J connectivity index is 2.45. The third-order valence-electron chi connectivity index (χ3n) is 3.17. The summed E-state index contributed by atoms with van der Waals surface area (Å²) in [5, 5.41) is 15.0. The van der Waals surface area contributed by atoms with Gasteiger partial charge < -0.3 is 4.90 Å². The van der Waals surface area contributed by atoms with Crippen molar-refractivity contribution in [2.24, 2.45) is 5.14 Å². The summed E-state index contributed by atoms with van der Waals surface area (Å²) in [6.45, 7) is 1.56. The number of rotatable bonds is 3. The van der Waals surface area contributed by atoms with Crippen LogP contribution in [0.5, 0.6) is 0 Å². The average Bonchev–Trinajstić information content (AvgIpc) is 2.70. The molecule has 1 heterocycles. The van der Waals surface area contributed by atoms with Gasteiger partial charge in [0.1, 0.15) is 10.9 Å². The van der Waals surface area contributed by atoms with Crippen LogP contribution in [0.25, 0.3) is 0 Å². The maximum Gasteiger partial charge on any atom is 0.292 e. The molecule has 8 nitrogen and oxygen atoms in total. The number of carbonyl (C=O) groups is 1. The van der Waals surface area contributed by atoms with E-state index in [-0.39, 0.29) is 24.3 Å². The SMILES string of the molecule is Cc1ccc([N+](=O)[O-])c(N2CC(S(N)(=O)=O)CC2=O)c1. The lowest BCUT2D eigenvalue weighted by Crippen LogP contribution is -2.32. The minimum absolute atomic E-state index is 0.103. The summed E-state index contributed by atoms with van der Waals surface area (Å²) < 4.78 is 22.6. The molecule has 0 bridgehead atoms. The molecule has 1 amide bonds. The molecular weight excluding hydrogens is 286 g/mol. The summed E-state index contributed by atoms with van der Waals surface area (Å²) in [4.78, 5) is 23.4. The Hall–Kier alpha value is -2.00. The maximum atomic E-state index is 11.9. The number of hydrogen-bond donors (Lipinski definition) is 1. The van der Waals surface area contributed by atoms with Gasteiger partial charge in [-0.2, -0.15) is 0 Å². The molecule has 2 N–H and O–H groups in total. The Morgan fingerprint density at radius 2 is 2.10 bits per heavy atom. The van der Waals surface area contributed by atoms with E-state index < -0.39 is 26.1 Å². The number of amides is 1. The number of anilines is 1. The molecule has 0 aliphatic carbocycles. The van der Waals surface area contributed by atoms with Crippen LogP contribution in [0, 0.1) is 17.0 Å². The van der Waals surface area contributed by atoms with Crippen LogP contribution in [0.4, 0.5) is 11.4 Å². The quantitative estimate of drug-likeness (QED) is 0.635. The van der Waals surface area contributed by atoms with Crippen LogP contribution >= 0.6 is 0 Å². The molecule has 1 saturated heterocycles. The minimum Gasteiger partial charge on any atom is -0.305 e. The van der Waals surface area contributed by atoms with Gasteiger partial charge in [-0.3, -0.25) is 14.9 Å². The van der Waals surface area contributed by atoms with Gasteiger partial charge in [0.05, 0.1) is 4.92 Å². The van der Waals surface area contributed by atoms with E-state index in [0.717, 1.165) is 10.5 Å². The number of hydrogen-bond acceptors (Lipinski definition) is 5. The zero-order chi connectivity index (χ0) is 15.1. The number of aryl methyl sites for hydroxylation is 1. The first-order valence-electron chi connectivity index (χ1n) is 5.77. The Bertz CT molecular complexity index is 685. The van der Waals surface area contributed by atoms with Crippen molar-refractivity contribution in [2.75, 3.05) is 11.4 Å². The standard InChI is InChI=1S/C11H13N3O5S/c1-7-2-3-9(14(16)17)10(4-7)13-6-8(5-11(13)15)20(12,18)19/h2-4,8H,5-6H2,1H3,(H2,12,18,19). The van der Waals surface area contributed by atoms with Gasteiger partial charge in [-0.1, -0.05) is 6.07 Å². The smallest absolute Gasteiger partial charge is 0.292 e. The summed E-state index contributed by atoms with van der Waals surface area (Å²) in [6, 6.07) is 4.34. The van der Waals surface area contributed by atoms with Gasteiger partial charge in [0.25, 0.3) is 5.69 Å². The Kier molecular flexibility index (Phi) is 3.48. The molecule has 108 valence electrons. The topological polar surface area (TPSA) is 124 Å². The molecule has 1 unspecified atom stereocenters. The summed E-state index contributed by atoms with van der Waals surface area (Å²) in [6.07, 6.45) is -0.260. The maximum absolute atomic E-state index is 11.9. The third kappa shape index (κ3) is 2.63. The first kappa shape index (κ1) is 14.4. The lowest BCUT2D eigenvalue weighted by atomic mass is 10.2. The van der Waals surface area contributed by atoms with Gasteiger partial charge in [0, 0.05) is 19.0 Å². The molecule has 9 heteroatoms. The van der Waals surface area contributed by atoms with Gasteiger partial charge >= 0.3 is 0 Å². The predicted octanol–water partition coefficient (Wildman–Crippen LogP) is 0.297. The van der Waals surface area contributed by atoms with Gasteiger partial charge in [0.2, 0.25) is 15.9 Å². The molecular formula is C11H13N3O5S. The molecule has 1 aliphatic rings. The fourth-order valence-electron chi connectivity index (χ4n) is 2.13. The van der Waals surface area contributed by atoms with Gasteiger partial charge in [-0.15, -0.1) is 0 Å². The van der Waals surface area contributed by atoms with Crippen LogP contribution in [-0.4, -0.2) is 31.0 Å². The highest BCUT2D eigenvalue weighted by Crippen LogP contribution is 2.33. The van der Waals surface area contributed by atoms with E-state index in [1.807, 2.05) is 0 Å². The van der Waals surface area contributed by atoms with Crippen LogP contribution in [-0.2, 0) is 14.8 Å². The normalized spacial score (nSPS) is 19.4. The van der Waals surface area contributed by atoms with Crippen molar-refractivity contribution in [1.29, 1.82) is 0 Å². The van der Waals surface area contributed by atoms with Crippen molar-refractivity contribution in [3.05, 3.63) is 33.9 Å². The predicted molar refractivity (Wildman–Crippen MR) is 71.7 cm³/mol. The molecule has 1 aromatic rings. The lowest BCUT2D eigenvalue weighted by molar-refractivity contribution is -0.384. The van der Waals surface area contributed by atoms with Crippen molar-refractivity contribution in [1.82, 2.24) is 0 Å². The highest BCUT2D eigenvalue weighted by atomic mass is 32.2. The summed E-state index contributed by atoms with van der Waals surface area (Å²) in [5.41, 5.74) is 0.600. The summed E-state index contributed by atoms with van der Waals surface area (Å²) >= 11 is 0. The Morgan fingerprint density at radius 1 is 1.45 bits per heavy atom. The molecule has 0 saturated carbocycles. The largest absolute Gasteiger partial charge is 0.305 e. The number of benzene rings is 1. The van der Waals surface area contributed by atoms with Crippen molar-refractivity contribution in [2.45, 2.75) is 18.6 Å². The molecule has 0 aromatic heterocycles. The zero-order valence-corrected chi connectivity index (χ0v) is 11.5. The molecule has 0 spiro atoms. The average molecular weight is 299 g/mol. The summed E-state index contributed by atoms with van der Waals surface area (Å²) in [5.74, 6) is -0.488. The highest BCUT2D eigenvalue weighted by Gasteiger charge is 2.39. The number of sulfonamides is 1. The van der Waals surface area contributed by atoms with E-state index >= 15 is 0 Å². The summed E-state index contributed by atoms with van der Waals surface area (Å²) in [7, 11) is -3.85. The second-order valence-electron chi connectivity index (χ2n) is 4.67. The van der Waals surface area contributed by atoms with E-state index in [1.54, 1.807) is 13.0 Å². The van der Waals surface area contributed by atoms with Crippen LogP contribution in [0.2, 0.25) is 0 Å². The first-order valence-corrected chi connectivity index (χ1v) is 7.38. The lowest BCUT2D eigenvalue weighted by Gasteiger charge is -2.16. The van der Waals surface area contributed by atoms with E-state index in [2.05, 4.69) is 0 Å². The number of nitro benzene ring substituents is 1. The monoisotopic (exact) mass is 299 g/mol. The first-order chi connectivity index (χ1) is 9.20. The van der Waals surface area contributed by atoms with Crippen LogP contribution in [0.15, 0.2) is 18.2 Å². The number of nitro groups is 1. The second-order valence-corrected chi connectivity index (χ2v) is 6.51.